The van der Waals surface area contributed by atoms with Gasteiger partial charge in [-0.3, -0.25) is 4.79 Å². The van der Waals surface area contributed by atoms with Crippen molar-refractivity contribution in [3.63, 3.8) is 0 Å². The van der Waals surface area contributed by atoms with Crippen LogP contribution in [0.5, 0.6) is 0 Å². The summed E-state index contributed by atoms with van der Waals surface area (Å²) in [6.07, 6.45) is 4.56. The van der Waals surface area contributed by atoms with Crippen molar-refractivity contribution in [2.75, 3.05) is 11.9 Å². The lowest BCUT2D eigenvalue weighted by Gasteiger charge is -2.05. The predicted octanol–water partition coefficient (Wildman–Crippen LogP) is 3.44. The summed E-state index contributed by atoms with van der Waals surface area (Å²) in [5, 5.41) is 3.85. The average Bonchev–Trinajstić information content (AvgIpc) is 2.36. The topological polar surface area (TPSA) is 29.1 Å². The fraction of sp³-hybridized carbons (Fsp3) is 0.500. The van der Waals surface area contributed by atoms with E-state index >= 15 is 0 Å². The number of carbonyl (C=O) groups excluding carboxylic acids is 1. The van der Waals surface area contributed by atoms with Crippen molar-refractivity contribution in [2.24, 2.45) is 0 Å². The van der Waals surface area contributed by atoms with E-state index in [1.807, 2.05) is 0 Å². The molecule has 0 aliphatic carbocycles. The van der Waals surface area contributed by atoms with Gasteiger partial charge in [0.2, 0.25) is 5.91 Å². The van der Waals surface area contributed by atoms with Gasteiger partial charge in [0, 0.05) is 11.9 Å². The van der Waals surface area contributed by atoms with Crippen molar-refractivity contribution in [1.82, 2.24) is 5.32 Å². The first-order chi connectivity index (χ1) is 8.74. The lowest BCUT2D eigenvalue weighted by Crippen LogP contribution is -2.26. The summed E-state index contributed by atoms with van der Waals surface area (Å²) in [7, 11) is 0. The van der Waals surface area contributed by atoms with E-state index in [1.54, 1.807) is 18.2 Å². The maximum atomic E-state index is 13.3. The van der Waals surface area contributed by atoms with Gasteiger partial charge in [0.15, 0.2) is 0 Å². The van der Waals surface area contributed by atoms with Gasteiger partial charge < -0.3 is 5.32 Å². The normalized spacial score (nSPS) is 10.3. The van der Waals surface area contributed by atoms with Gasteiger partial charge in [0.1, 0.15) is 5.82 Å². The second-order valence-corrected chi connectivity index (χ2v) is 5.01. The molecule has 0 saturated heterocycles. The fourth-order valence-electron chi connectivity index (χ4n) is 1.68. The SMILES string of the molecule is O=C(Cc1ccccc1F)NCCCCCCBr. The Morgan fingerprint density at radius 3 is 2.61 bits per heavy atom. The number of amides is 1. The minimum absolute atomic E-state index is 0.111. The minimum atomic E-state index is -0.315. The molecular formula is C14H19BrFNO. The van der Waals surface area contributed by atoms with Crippen molar-refractivity contribution in [3.05, 3.63) is 35.6 Å². The number of halogens is 2. The quantitative estimate of drug-likeness (QED) is 0.578. The van der Waals surface area contributed by atoms with Crippen molar-refractivity contribution in [2.45, 2.75) is 32.1 Å². The maximum absolute atomic E-state index is 13.3. The molecule has 0 aromatic heterocycles. The van der Waals surface area contributed by atoms with E-state index in [2.05, 4.69) is 21.2 Å². The van der Waals surface area contributed by atoms with Gasteiger partial charge in [-0.25, -0.2) is 4.39 Å². The van der Waals surface area contributed by atoms with Gasteiger partial charge >= 0.3 is 0 Å². The monoisotopic (exact) mass is 315 g/mol. The van der Waals surface area contributed by atoms with E-state index in [4.69, 9.17) is 0 Å². The molecule has 2 nitrogen and oxygen atoms in total. The van der Waals surface area contributed by atoms with E-state index in [1.165, 1.54) is 18.9 Å². The van der Waals surface area contributed by atoms with Crippen LogP contribution in [0.4, 0.5) is 4.39 Å². The Hall–Kier alpha value is -0.900. The number of hydrogen-bond donors (Lipinski definition) is 1. The Morgan fingerprint density at radius 1 is 1.17 bits per heavy atom. The Labute approximate surface area is 116 Å². The first-order valence-electron chi connectivity index (χ1n) is 6.30. The summed E-state index contributed by atoms with van der Waals surface area (Å²) in [5.74, 6) is -0.425. The number of alkyl halides is 1. The second-order valence-electron chi connectivity index (χ2n) is 4.22. The number of rotatable bonds is 8. The largest absolute Gasteiger partial charge is 0.356 e. The highest BCUT2D eigenvalue weighted by atomic mass is 79.9. The van der Waals surface area contributed by atoms with Gasteiger partial charge in [-0.1, -0.05) is 47.0 Å². The summed E-state index contributed by atoms with van der Waals surface area (Å²) in [6.45, 7) is 0.676. The molecule has 1 amide bonds. The fourth-order valence-corrected chi connectivity index (χ4v) is 2.07. The van der Waals surface area contributed by atoms with Crippen LogP contribution in [0.1, 0.15) is 31.2 Å². The molecule has 1 N–H and O–H groups in total. The van der Waals surface area contributed by atoms with Gasteiger partial charge in [-0.05, 0) is 24.5 Å². The molecule has 0 unspecified atom stereocenters. The summed E-state index contributed by atoms with van der Waals surface area (Å²) in [6, 6.07) is 6.39. The van der Waals surface area contributed by atoms with Crippen LogP contribution in [-0.2, 0) is 11.2 Å². The average molecular weight is 316 g/mol. The summed E-state index contributed by atoms with van der Waals surface area (Å²) in [4.78, 5) is 11.6. The highest BCUT2D eigenvalue weighted by Crippen LogP contribution is 2.07. The van der Waals surface area contributed by atoms with Gasteiger partial charge in [-0.15, -0.1) is 0 Å². The van der Waals surface area contributed by atoms with Crippen molar-refractivity contribution in [1.29, 1.82) is 0 Å². The van der Waals surface area contributed by atoms with Crippen LogP contribution in [0.2, 0.25) is 0 Å². The van der Waals surface area contributed by atoms with Crippen molar-refractivity contribution < 1.29 is 9.18 Å². The third-order valence-corrected chi connectivity index (χ3v) is 3.25. The third kappa shape index (κ3) is 6.15. The molecule has 0 aliphatic rings. The van der Waals surface area contributed by atoms with Crippen LogP contribution in [0, 0.1) is 5.82 Å². The number of carbonyl (C=O) groups is 1. The number of nitrogens with one attached hydrogen (secondary N) is 1. The first-order valence-corrected chi connectivity index (χ1v) is 7.42. The van der Waals surface area contributed by atoms with Gasteiger partial charge in [0.25, 0.3) is 0 Å². The Balaban J connectivity index is 2.16. The van der Waals surface area contributed by atoms with E-state index in [0.717, 1.165) is 18.2 Å². The van der Waals surface area contributed by atoms with Crippen LogP contribution in [0.25, 0.3) is 0 Å². The molecule has 0 heterocycles. The molecule has 0 aliphatic heterocycles. The standard InChI is InChI=1S/C14H19BrFNO/c15-9-5-1-2-6-10-17-14(18)11-12-7-3-4-8-13(12)16/h3-4,7-8H,1-2,5-6,9-11H2,(H,17,18). The summed E-state index contributed by atoms with van der Waals surface area (Å²) >= 11 is 3.38. The van der Waals surface area contributed by atoms with E-state index < -0.39 is 0 Å². The van der Waals surface area contributed by atoms with Gasteiger partial charge in [-0.2, -0.15) is 0 Å². The maximum Gasteiger partial charge on any atom is 0.224 e. The van der Waals surface area contributed by atoms with E-state index in [9.17, 15) is 9.18 Å². The number of hydrogen-bond acceptors (Lipinski definition) is 1. The number of benzene rings is 1. The molecular weight excluding hydrogens is 297 g/mol. The van der Waals surface area contributed by atoms with Crippen LogP contribution < -0.4 is 5.32 Å². The second kappa shape index (κ2) is 9.09. The molecule has 1 aromatic carbocycles. The third-order valence-electron chi connectivity index (χ3n) is 2.69. The minimum Gasteiger partial charge on any atom is -0.356 e. The van der Waals surface area contributed by atoms with Crippen molar-refractivity contribution >= 4 is 21.8 Å². The van der Waals surface area contributed by atoms with Crippen LogP contribution >= 0.6 is 15.9 Å². The molecule has 0 spiro atoms. The molecule has 1 rings (SSSR count). The predicted molar refractivity (Wildman–Crippen MR) is 75.4 cm³/mol. The molecule has 0 fully saturated rings. The van der Waals surface area contributed by atoms with Crippen molar-refractivity contribution in [3.8, 4) is 0 Å². The highest BCUT2D eigenvalue weighted by Gasteiger charge is 2.06. The molecule has 0 radical (unpaired) electrons. The smallest absolute Gasteiger partial charge is 0.224 e. The summed E-state index contributed by atoms with van der Waals surface area (Å²) in [5.41, 5.74) is 0.453. The first kappa shape index (κ1) is 15.2. The molecule has 18 heavy (non-hydrogen) atoms. The van der Waals surface area contributed by atoms with Crippen LogP contribution in [0.3, 0.4) is 0 Å². The molecule has 0 saturated carbocycles. The van der Waals surface area contributed by atoms with E-state index in [0.29, 0.717) is 12.1 Å². The molecule has 1 aromatic rings. The lowest BCUT2D eigenvalue weighted by atomic mass is 10.1. The lowest BCUT2D eigenvalue weighted by molar-refractivity contribution is -0.120. The van der Waals surface area contributed by atoms with Crippen LogP contribution in [-0.4, -0.2) is 17.8 Å². The zero-order valence-electron chi connectivity index (χ0n) is 10.4. The molecule has 100 valence electrons. The Bertz CT molecular complexity index is 371. The molecule has 4 heteroatoms. The van der Waals surface area contributed by atoms with Crippen LogP contribution in [0.15, 0.2) is 24.3 Å². The zero-order chi connectivity index (χ0) is 13.2. The highest BCUT2D eigenvalue weighted by molar-refractivity contribution is 9.09. The van der Waals surface area contributed by atoms with Gasteiger partial charge in [0.05, 0.1) is 6.42 Å². The van der Waals surface area contributed by atoms with E-state index in [-0.39, 0.29) is 18.1 Å². The Morgan fingerprint density at radius 2 is 1.89 bits per heavy atom. The summed E-state index contributed by atoms with van der Waals surface area (Å²) < 4.78 is 13.3. The zero-order valence-corrected chi connectivity index (χ0v) is 12.0. The number of unbranched alkanes of at least 4 members (excludes halogenated alkanes) is 3. The molecule has 0 atom stereocenters. The Kier molecular flexibility index (Phi) is 7.65. The molecule has 0 bridgehead atoms.